The molecule has 226 valence electrons. The van der Waals surface area contributed by atoms with Crippen molar-refractivity contribution in [2.24, 2.45) is 0 Å². The van der Waals surface area contributed by atoms with Crippen LogP contribution in [0, 0.1) is 0 Å². The highest BCUT2D eigenvalue weighted by molar-refractivity contribution is 9.10. The fraction of sp³-hybridized carbons (Fsp3) is 0.500. The number of amides is 1. The predicted molar refractivity (Wildman–Crippen MR) is 158 cm³/mol. The van der Waals surface area contributed by atoms with Gasteiger partial charge < -0.3 is 24.8 Å². The third-order valence-electron chi connectivity index (χ3n) is 7.27. The van der Waals surface area contributed by atoms with Crippen LogP contribution < -0.4 is 15.4 Å². The molecule has 1 aliphatic carbocycles. The van der Waals surface area contributed by atoms with Gasteiger partial charge >= 0.3 is 11.9 Å². The van der Waals surface area contributed by atoms with Gasteiger partial charge in [-0.15, -0.1) is 5.10 Å². The molecule has 12 heteroatoms. The number of halogens is 1. The van der Waals surface area contributed by atoms with E-state index < -0.39 is 17.9 Å². The minimum Gasteiger partial charge on any atom is -0.487 e. The van der Waals surface area contributed by atoms with Crippen LogP contribution >= 0.6 is 15.9 Å². The molecule has 0 spiro atoms. The highest BCUT2D eigenvalue weighted by Gasteiger charge is 2.39. The Bertz CT molecular complexity index is 1340. The number of carbonyl (C=O) groups excluding carboxylic acids is 3. The van der Waals surface area contributed by atoms with Gasteiger partial charge in [-0.3, -0.25) is 4.79 Å². The Labute approximate surface area is 254 Å². The van der Waals surface area contributed by atoms with Crippen molar-refractivity contribution >= 4 is 33.8 Å². The van der Waals surface area contributed by atoms with E-state index in [0.717, 1.165) is 30.2 Å². The summed E-state index contributed by atoms with van der Waals surface area (Å²) >= 11 is 3.53. The van der Waals surface area contributed by atoms with E-state index in [-0.39, 0.29) is 38.3 Å². The molecule has 1 aromatic carbocycles. The number of dihydropyridines is 1. The molecule has 1 saturated carbocycles. The maximum Gasteiger partial charge on any atom is 0.336 e. The Morgan fingerprint density at radius 3 is 2.29 bits per heavy atom. The predicted octanol–water partition coefficient (Wildman–Crippen LogP) is 4.43. The summed E-state index contributed by atoms with van der Waals surface area (Å²) in [5, 5.41) is 14.5. The van der Waals surface area contributed by atoms with Crippen molar-refractivity contribution in [3.8, 4) is 5.75 Å². The normalized spacial score (nSPS) is 16.2. The molecule has 0 atom stereocenters. The van der Waals surface area contributed by atoms with E-state index in [1.165, 1.54) is 11.1 Å². The van der Waals surface area contributed by atoms with Crippen LogP contribution in [0.3, 0.4) is 0 Å². The Balaban J connectivity index is 1.58. The van der Waals surface area contributed by atoms with E-state index in [2.05, 4.69) is 36.9 Å². The highest BCUT2D eigenvalue weighted by Crippen LogP contribution is 2.44. The first-order valence-electron chi connectivity index (χ1n) is 14.3. The van der Waals surface area contributed by atoms with Crippen LogP contribution in [0.25, 0.3) is 0 Å². The van der Waals surface area contributed by atoms with Crippen molar-refractivity contribution in [2.45, 2.75) is 84.9 Å². The van der Waals surface area contributed by atoms with Crippen molar-refractivity contribution in [3.63, 3.8) is 0 Å². The fourth-order valence-corrected chi connectivity index (χ4v) is 5.82. The lowest BCUT2D eigenvalue weighted by Gasteiger charge is -2.31. The molecule has 1 fully saturated rings. The second-order valence-electron chi connectivity index (χ2n) is 10.4. The monoisotopic (exact) mass is 643 g/mol. The lowest BCUT2D eigenvalue weighted by atomic mass is 9.80. The summed E-state index contributed by atoms with van der Waals surface area (Å²) in [5.41, 5.74) is 2.84. The third kappa shape index (κ3) is 7.58. The van der Waals surface area contributed by atoms with Crippen molar-refractivity contribution in [1.82, 2.24) is 25.6 Å². The zero-order valence-corrected chi connectivity index (χ0v) is 26.1. The number of allylic oxidation sites excluding steroid dienone is 2. The van der Waals surface area contributed by atoms with E-state index in [0.29, 0.717) is 39.5 Å². The summed E-state index contributed by atoms with van der Waals surface area (Å²) < 4.78 is 19.2. The molecule has 2 aromatic rings. The number of ether oxygens (including phenoxy) is 3. The summed E-state index contributed by atoms with van der Waals surface area (Å²) in [4.78, 5) is 38.9. The van der Waals surface area contributed by atoms with E-state index in [1.807, 2.05) is 12.1 Å². The SMILES string of the molecule is CCOC(=O)C1=C(C)NC(C)=C(C(=O)OCC)C1c1cc(Br)ccc1OCc1cn(CC(=O)NC2CCCCC2)nn1. The average molecular weight is 645 g/mol. The number of aromatic nitrogens is 3. The molecule has 0 bridgehead atoms. The van der Waals surface area contributed by atoms with Crippen molar-refractivity contribution in [3.05, 3.63) is 62.7 Å². The Kier molecular flexibility index (Phi) is 10.8. The van der Waals surface area contributed by atoms with E-state index in [1.54, 1.807) is 40.0 Å². The summed E-state index contributed by atoms with van der Waals surface area (Å²) in [6, 6.07) is 5.61. The lowest BCUT2D eigenvalue weighted by molar-refractivity contribution is -0.139. The van der Waals surface area contributed by atoms with Crippen molar-refractivity contribution < 1.29 is 28.6 Å². The molecular formula is C30H38BrN5O6. The van der Waals surface area contributed by atoms with Gasteiger partial charge in [0.2, 0.25) is 5.91 Å². The first-order chi connectivity index (χ1) is 20.2. The molecule has 4 rings (SSSR count). The van der Waals surface area contributed by atoms with Gasteiger partial charge in [-0.1, -0.05) is 40.4 Å². The highest BCUT2D eigenvalue weighted by atomic mass is 79.9. The zero-order valence-electron chi connectivity index (χ0n) is 24.5. The van der Waals surface area contributed by atoms with Gasteiger partial charge in [-0.05, 0) is 58.7 Å². The quantitative estimate of drug-likeness (QED) is 0.341. The first kappa shape index (κ1) is 31.3. The number of benzene rings is 1. The number of carbonyl (C=O) groups is 3. The minimum atomic E-state index is -0.809. The topological polar surface area (TPSA) is 134 Å². The maximum atomic E-state index is 13.2. The van der Waals surface area contributed by atoms with Crippen LogP contribution in [0.15, 0.2) is 51.4 Å². The molecule has 1 aliphatic heterocycles. The van der Waals surface area contributed by atoms with Crippen LogP contribution in [-0.4, -0.2) is 52.1 Å². The summed E-state index contributed by atoms with van der Waals surface area (Å²) in [6.07, 6.45) is 7.18. The largest absolute Gasteiger partial charge is 0.487 e. The molecule has 2 aliphatic rings. The van der Waals surface area contributed by atoms with Crippen molar-refractivity contribution in [2.75, 3.05) is 13.2 Å². The second kappa shape index (κ2) is 14.5. The van der Waals surface area contributed by atoms with Crippen LogP contribution in [0.1, 0.15) is 77.0 Å². The second-order valence-corrected chi connectivity index (χ2v) is 11.3. The number of nitrogens with zero attached hydrogens (tertiary/aromatic N) is 3. The molecule has 1 aromatic heterocycles. The van der Waals surface area contributed by atoms with Gasteiger partial charge in [0.15, 0.2) is 0 Å². The van der Waals surface area contributed by atoms with Crippen LogP contribution in [-0.2, 0) is 37.0 Å². The van der Waals surface area contributed by atoms with Gasteiger partial charge in [0.1, 0.15) is 24.6 Å². The molecule has 11 nitrogen and oxygen atoms in total. The van der Waals surface area contributed by atoms with Gasteiger partial charge in [-0.2, -0.15) is 0 Å². The van der Waals surface area contributed by atoms with Crippen molar-refractivity contribution in [1.29, 1.82) is 0 Å². The summed E-state index contributed by atoms with van der Waals surface area (Å²) in [7, 11) is 0. The molecule has 2 heterocycles. The summed E-state index contributed by atoms with van der Waals surface area (Å²) in [6.45, 7) is 7.48. The van der Waals surface area contributed by atoms with E-state index >= 15 is 0 Å². The average Bonchev–Trinajstić information content (AvgIpc) is 3.39. The molecule has 2 N–H and O–H groups in total. The number of rotatable bonds is 11. The minimum absolute atomic E-state index is 0.0543. The first-order valence-corrected chi connectivity index (χ1v) is 15.1. The Morgan fingerprint density at radius 1 is 1.02 bits per heavy atom. The van der Waals surface area contributed by atoms with Crippen LogP contribution in [0.2, 0.25) is 0 Å². The Hall–Kier alpha value is -3.67. The molecule has 0 unspecified atom stereocenters. The number of hydrogen-bond acceptors (Lipinski definition) is 9. The van der Waals surface area contributed by atoms with Gasteiger partial charge in [0.05, 0.1) is 36.5 Å². The van der Waals surface area contributed by atoms with E-state index in [4.69, 9.17) is 14.2 Å². The number of nitrogens with one attached hydrogen (secondary N) is 2. The molecule has 0 radical (unpaired) electrons. The summed E-state index contributed by atoms with van der Waals surface area (Å²) in [5.74, 6) is -1.54. The molecule has 42 heavy (non-hydrogen) atoms. The van der Waals surface area contributed by atoms with Crippen LogP contribution in [0.4, 0.5) is 0 Å². The Morgan fingerprint density at radius 2 is 1.67 bits per heavy atom. The fourth-order valence-electron chi connectivity index (χ4n) is 5.44. The van der Waals surface area contributed by atoms with Gasteiger partial charge in [0.25, 0.3) is 0 Å². The number of hydrogen-bond donors (Lipinski definition) is 2. The van der Waals surface area contributed by atoms with E-state index in [9.17, 15) is 14.4 Å². The third-order valence-corrected chi connectivity index (χ3v) is 7.76. The number of esters is 2. The standard InChI is InChI=1S/C30H38BrN5O6/c1-5-40-29(38)26-18(3)32-19(4)27(30(39)41-6-2)28(26)23-14-20(31)12-13-24(23)42-17-22-15-36(35-34-22)16-25(37)33-21-10-8-7-9-11-21/h12-15,21,28,32H,5-11,16-17H2,1-4H3,(H,33,37). The molecular weight excluding hydrogens is 606 g/mol. The maximum absolute atomic E-state index is 13.2. The lowest BCUT2D eigenvalue weighted by Crippen LogP contribution is -2.38. The molecule has 0 saturated heterocycles. The van der Waals surface area contributed by atoms with Gasteiger partial charge in [-0.25, -0.2) is 14.3 Å². The van der Waals surface area contributed by atoms with Crippen LogP contribution in [0.5, 0.6) is 5.75 Å². The molecule has 1 amide bonds. The zero-order chi connectivity index (χ0) is 30.2. The van der Waals surface area contributed by atoms with Gasteiger partial charge in [0, 0.05) is 27.5 Å². The smallest absolute Gasteiger partial charge is 0.336 e.